The number of halogens is 1. The number of rotatable bonds is 8. The average Bonchev–Trinajstić information content (AvgIpc) is 3.24. The van der Waals surface area contributed by atoms with Gasteiger partial charge in [-0.1, -0.05) is 11.6 Å². The monoisotopic (exact) mass is 445 g/mol. The number of hydrogen-bond acceptors (Lipinski definition) is 7. The summed E-state index contributed by atoms with van der Waals surface area (Å²) in [5.41, 5.74) is 1.31. The molecule has 164 valence electrons. The number of nitrogens with one attached hydrogen (secondary N) is 1. The van der Waals surface area contributed by atoms with Crippen molar-refractivity contribution < 1.29 is 19.2 Å². The molecule has 1 fully saturated rings. The van der Waals surface area contributed by atoms with E-state index in [2.05, 4.69) is 10.2 Å². The number of piperidine rings is 1. The molecular formula is C22H24ClN3O5. The van der Waals surface area contributed by atoms with E-state index in [0.29, 0.717) is 35.2 Å². The first-order valence-corrected chi connectivity index (χ1v) is 10.7. The number of carbonyl (C=O) groups is 1. The van der Waals surface area contributed by atoms with Gasteiger partial charge in [0.2, 0.25) is 6.79 Å². The third-order valence-corrected chi connectivity index (χ3v) is 6.03. The van der Waals surface area contributed by atoms with Crippen molar-refractivity contribution in [2.75, 3.05) is 33.0 Å². The van der Waals surface area contributed by atoms with E-state index in [1.807, 2.05) is 0 Å². The lowest BCUT2D eigenvalue weighted by atomic mass is 9.89. The summed E-state index contributed by atoms with van der Waals surface area (Å²) in [6.45, 7) is 3.69. The van der Waals surface area contributed by atoms with Crippen molar-refractivity contribution in [1.29, 1.82) is 0 Å². The molecule has 0 amide bonds. The molecule has 2 aliphatic rings. The molecule has 0 bridgehead atoms. The molecule has 2 aliphatic heterocycles. The van der Waals surface area contributed by atoms with Gasteiger partial charge in [-0.15, -0.1) is 0 Å². The maximum absolute atomic E-state index is 12.7. The van der Waals surface area contributed by atoms with Gasteiger partial charge in [0.1, 0.15) is 0 Å². The number of benzene rings is 2. The summed E-state index contributed by atoms with van der Waals surface area (Å²) < 4.78 is 10.6. The van der Waals surface area contributed by atoms with Crippen LogP contribution in [-0.2, 0) is 6.54 Å². The first kappa shape index (κ1) is 21.5. The smallest absolute Gasteiger partial charge is 0.277 e. The van der Waals surface area contributed by atoms with Gasteiger partial charge in [-0.2, -0.15) is 0 Å². The number of nitro benzene ring substituents is 1. The van der Waals surface area contributed by atoms with Crippen LogP contribution in [0.5, 0.6) is 11.5 Å². The van der Waals surface area contributed by atoms with Crippen LogP contribution in [0, 0.1) is 16.0 Å². The van der Waals surface area contributed by atoms with Gasteiger partial charge < -0.3 is 19.7 Å². The Labute approximate surface area is 185 Å². The first-order chi connectivity index (χ1) is 15.0. The highest BCUT2D eigenvalue weighted by Gasteiger charge is 2.26. The van der Waals surface area contributed by atoms with Gasteiger partial charge in [-0.05, 0) is 56.3 Å². The fourth-order valence-corrected chi connectivity index (χ4v) is 4.14. The van der Waals surface area contributed by atoms with Crippen LogP contribution in [0.25, 0.3) is 0 Å². The van der Waals surface area contributed by atoms with E-state index < -0.39 is 4.92 Å². The van der Waals surface area contributed by atoms with E-state index in [1.165, 1.54) is 6.07 Å². The molecule has 0 spiro atoms. The molecule has 4 rings (SSSR count). The lowest BCUT2D eigenvalue weighted by Crippen LogP contribution is -2.39. The van der Waals surface area contributed by atoms with E-state index in [4.69, 9.17) is 21.1 Å². The van der Waals surface area contributed by atoms with Crippen molar-refractivity contribution in [3.05, 3.63) is 62.7 Å². The van der Waals surface area contributed by atoms with Gasteiger partial charge in [0.05, 0.1) is 11.0 Å². The lowest BCUT2D eigenvalue weighted by molar-refractivity contribution is -0.385. The number of nitro groups is 1. The lowest BCUT2D eigenvalue weighted by Gasteiger charge is -2.31. The Hall–Kier alpha value is -2.68. The highest BCUT2D eigenvalue weighted by Crippen LogP contribution is 2.37. The van der Waals surface area contributed by atoms with E-state index in [1.54, 1.807) is 30.3 Å². The molecule has 0 atom stereocenters. The second-order valence-electron chi connectivity index (χ2n) is 7.76. The molecule has 0 radical (unpaired) electrons. The molecule has 2 aromatic rings. The normalized spacial score (nSPS) is 16.4. The van der Waals surface area contributed by atoms with Crippen LogP contribution in [0.2, 0.25) is 5.02 Å². The zero-order valence-electron chi connectivity index (χ0n) is 17.0. The van der Waals surface area contributed by atoms with Gasteiger partial charge in [0, 0.05) is 41.7 Å². The largest absolute Gasteiger partial charge is 0.454 e. The number of carbonyl (C=O) groups excluding carboxylic acids is 1. The Bertz CT molecular complexity index is 958. The molecule has 31 heavy (non-hydrogen) atoms. The summed E-state index contributed by atoms with van der Waals surface area (Å²) in [5.74, 6) is 1.17. The summed E-state index contributed by atoms with van der Waals surface area (Å²) in [6.07, 6.45) is 1.66. The number of fused-ring (bicyclic) bond motifs is 1. The third kappa shape index (κ3) is 5.15. The molecule has 0 aliphatic carbocycles. The Morgan fingerprint density at radius 2 is 1.84 bits per heavy atom. The number of likely N-dealkylation sites (tertiary alicyclic amines) is 1. The van der Waals surface area contributed by atoms with Crippen molar-refractivity contribution in [1.82, 2.24) is 10.2 Å². The standard InChI is InChI=1S/C22H24ClN3O5/c23-18-3-1-15(2-4-18)22(27)16-5-8-25(9-6-16)10-7-24-13-17-11-20-21(31-14-30-20)12-19(17)26(28)29/h1-4,11-12,16,24H,5-10,13-14H2. The second kappa shape index (κ2) is 9.64. The van der Waals surface area contributed by atoms with Crippen LogP contribution in [0.3, 0.4) is 0 Å². The maximum Gasteiger partial charge on any atom is 0.277 e. The number of hydrogen-bond donors (Lipinski definition) is 1. The number of ketones is 1. The number of ether oxygens (including phenoxy) is 2. The minimum Gasteiger partial charge on any atom is -0.454 e. The number of nitrogens with zero attached hydrogens (tertiary/aromatic N) is 2. The van der Waals surface area contributed by atoms with Crippen LogP contribution < -0.4 is 14.8 Å². The van der Waals surface area contributed by atoms with Crippen LogP contribution >= 0.6 is 11.6 Å². The van der Waals surface area contributed by atoms with Crippen LogP contribution in [0.1, 0.15) is 28.8 Å². The summed E-state index contributed by atoms with van der Waals surface area (Å²) >= 11 is 5.90. The van der Waals surface area contributed by atoms with Gasteiger partial charge in [-0.3, -0.25) is 14.9 Å². The average molecular weight is 446 g/mol. The summed E-state index contributed by atoms with van der Waals surface area (Å²) in [4.78, 5) is 25.9. The molecular weight excluding hydrogens is 422 g/mol. The fourth-order valence-electron chi connectivity index (χ4n) is 4.01. The molecule has 1 N–H and O–H groups in total. The molecule has 2 heterocycles. The minimum absolute atomic E-state index is 0.0262. The predicted molar refractivity (Wildman–Crippen MR) is 116 cm³/mol. The van der Waals surface area contributed by atoms with Crippen LogP contribution in [-0.4, -0.2) is 48.6 Å². The van der Waals surface area contributed by atoms with Crippen molar-refractivity contribution in [3.63, 3.8) is 0 Å². The zero-order chi connectivity index (χ0) is 21.8. The topological polar surface area (TPSA) is 93.9 Å². The molecule has 9 heteroatoms. The summed E-state index contributed by atoms with van der Waals surface area (Å²) in [5, 5.41) is 15.3. The Kier molecular flexibility index (Phi) is 6.70. The van der Waals surface area contributed by atoms with Crippen molar-refractivity contribution in [2.45, 2.75) is 19.4 Å². The van der Waals surface area contributed by atoms with E-state index >= 15 is 0 Å². The van der Waals surface area contributed by atoms with Crippen LogP contribution in [0.15, 0.2) is 36.4 Å². The highest BCUT2D eigenvalue weighted by molar-refractivity contribution is 6.30. The Morgan fingerprint density at radius 1 is 1.16 bits per heavy atom. The SMILES string of the molecule is O=C(c1ccc(Cl)cc1)C1CCN(CCNCc2cc3c(cc2[N+](=O)[O-])OCO3)CC1. The van der Waals surface area contributed by atoms with Gasteiger partial charge in [0.15, 0.2) is 17.3 Å². The molecule has 0 aromatic heterocycles. The quantitative estimate of drug-likeness (QED) is 0.287. The fraction of sp³-hybridized carbons (Fsp3) is 0.409. The third-order valence-electron chi connectivity index (χ3n) is 5.78. The summed E-state index contributed by atoms with van der Waals surface area (Å²) in [7, 11) is 0. The Morgan fingerprint density at radius 3 is 2.52 bits per heavy atom. The second-order valence-corrected chi connectivity index (χ2v) is 8.19. The van der Waals surface area contributed by atoms with E-state index in [0.717, 1.165) is 38.0 Å². The van der Waals surface area contributed by atoms with Gasteiger partial charge >= 0.3 is 0 Å². The molecule has 2 aromatic carbocycles. The zero-order valence-corrected chi connectivity index (χ0v) is 17.8. The van der Waals surface area contributed by atoms with Crippen LogP contribution in [0.4, 0.5) is 5.69 Å². The molecule has 0 unspecified atom stereocenters. The highest BCUT2D eigenvalue weighted by atomic mass is 35.5. The molecule has 1 saturated heterocycles. The predicted octanol–water partition coefficient (Wildman–Crippen LogP) is 3.66. The van der Waals surface area contributed by atoms with Gasteiger partial charge in [0.25, 0.3) is 5.69 Å². The molecule has 0 saturated carbocycles. The summed E-state index contributed by atoms with van der Waals surface area (Å²) in [6, 6.07) is 10.2. The Balaban J connectivity index is 1.23. The maximum atomic E-state index is 12.7. The number of Topliss-reactive ketones (excluding diaryl/α,β-unsaturated/α-hetero) is 1. The van der Waals surface area contributed by atoms with Gasteiger partial charge in [-0.25, -0.2) is 0 Å². The van der Waals surface area contributed by atoms with Crippen molar-refractivity contribution >= 4 is 23.1 Å². The van der Waals surface area contributed by atoms with Crippen molar-refractivity contribution in [2.24, 2.45) is 5.92 Å². The molecule has 8 nitrogen and oxygen atoms in total. The van der Waals surface area contributed by atoms with Crippen molar-refractivity contribution in [3.8, 4) is 11.5 Å². The van der Waals surface area contributed by atoms with E-state index in [9.17, 15) is 14.9 Å². The minimum atomic E-state index is -0.401. The first-order valence-electron chi connectivity index (χ1n) is 10.3. The van der Waals surface area contributed by atoms with E-state index in [-0.39, 0.29) is 24.2 Å².